The van der Waals surface area contributed by atoms with Crippen molar-refractivity contribution in [2.24, 2.45) is 16.3 Å². The van der Waals surface area contributed by atoms with Crippen LogP contribution >= 0.6 is 24.0 Å². The Labute approximate surface area is 185 Å². The summed E-state index contributed by atoms with van der Waals surface area (Å²) in [5.41, 5.74) is 1.57. The quantitative estimate of drug-likeness (QED) is 0.392. The van der Waals surface area contributed by atoms with Crippen LogP contribution in [-0.4, -0.2) is 71.0 Å². The van der Waals surface area contributed by atoms with E-state index in [-0.39, 0.29) is 24.0 Å². The van der Waals surface area contributed by atoms with Gasteiger partial charge in [0.15, 0.2) is 5.96 Å². The molecule has 3 aliphatic heterocycles. The molecule has 3 saturated heterocycles. The summed E-state index contributed by atoms with van der Waals surface area (Å²) in [6, 6.07) is 8.31. The van der Waals surface area contributed by atoms with E-state index in [0.717, 1.165) is 57.6 Å². The van der Waals surface area contributed by atoms with Crippen LogP contribution in [0.15, 0.2) is 29.3 Å². The van der Waals surface area contributed by atoms with Gasteiger partial charge in [0, 0.05) is 51.8 Å². The number of likely N-dealkylation sites (tertiary alicyclic amines) is 1. The van der Waals surface area contributed by atoms with E-state index in [2.05, 4.69) is 32.2 Å². The van der Waals surface area contributed by atoms with Crippen molar-refractivity contribution < 1.29 is 9.47 Å². The number of anilines is 1. The fourth-order valence-electron chi connectivity index (χ4n) is 4.76. The summed E-state index contributed by atoms with van der Waals surface area (Å²) in [4.78, 5) is 9.40. The first-order valence-corrected chi connectivity index (χ1v) is 10.1. The van der Waals surface area contributed by atoms with E-state index in [4.69, 9.17) is 9.47 Å². The van der Waals surface area contributed by atoms with Gasteiger partial charge in [-0.3, -0.25) is 4.99 Å². The maximum absolute atomic E-state index is 5.66. The Kier molecular flexibility index (Phi) is 7.31. The smallest absolute Gasteiger partial charge is 0.193 e. The van der Waals surface area contributed by atoms with Crippen LogP contribution in [-0.2, 0) is 4.74 Å². The van der Waals surface area contributed by atoms with Gasteiger partial charge in [-0.05, 0) is 37.3 Å². The van der Waals surface area contributed by atoms with Gasteiger partial charge >= 0.3 is 0 Å². The Bertz CT molecular complexity index is 678. The van der Waals surface area contributed by atoms with Crippen molar-refractivity contribution >= 4 is 35.6 Å². The van der Waals surface area contributed by atoms with Crippen LogP contribution in [0.1, 0.15) is 19.3 Å². The predicted molar refractivity (Wildman–Crippen MR) is 124 cm³/mol. The lowest BCUT2D eigenvalue weighted by Crippen LogP contribution is -2.43. The van der Waals surface area contributed by atoms with Crippen LogP contribution in [0, 0.1) is 11.3 Å². The maximum Gasteiger partial charge on any atom is 0.193 e. The summed E-state index contributed by atoms with van der Waals surface area (Å²) in [6.07, 6.45) is 3.61. The topological polar surface area (TPSA) is 49.3 Å². The third-order valence-electron chi connectivity index (χ3n) is 6.40. The summed E-state index contributed by atoms with van der Waals surface area (Å²) < 4.78 is 11.2. The third-order valence-corrected chi connectivity index (χ3v) is 6.40. The van der Waals surface area contributed by atoms with Crippen molar-refractivity contribution in [3.05, 3.63) is 24.3 Å². The van der Waals surface area contributed by atoms with E-state index in [1.807, 2.05) is 19.2 Å². The molecule has 3 fully saturated rings. The van der Waals surface area contributed by atoms with E-state index in [0.29, 0.717) is 11.3 Å². The molecular weight excluding hydrogens is 467 g/mol. The first-order valence-electron chi connectivity index (χ1n) is 10.1. The number of nitrogens with zero attached hydrogens (tertiary/aromatic N) is 3. The molecule has 0 saturated carbocycles. The van der Waals surface area contributed by atoms with E-state index in [1.54, 1.807) is 7.11 Å². The van der Waals surface area contributed by atoms with Crippen LogP contribution in [0.25, 0.3) is 0 Å². The number of aliphatic imine (C=N–C) groups is 1. The van der Waals surface area contributed by atoms with Gasteiger partial charge in [0.25, 0.3) is 0 Å². The zero-order valence-corrected chi connectivity index (χ0v) is 19.4. The standard InChI is InChI=1S/C21H32N4O2.HI/c1-22-20(25-11-8-21(15-25)9-12-27-16-21)23-13-17-7-10-24(14-17)18-5-3-4-6-19(18)26-2;/h3-6,17H,7-16H2,1-2H3,(H,22,23);1H. The number of nitrogens with one attached hydrogen (secondary N) is 1. The first kappa shape index (κ1) is 21.5. The largest absolute Gasteiger partial charge is 0.495 e. The lowest BCUT2D eigenvalue weighted by molar-refractivity contribution is 0.156. The molecule has 1 aromatic rings. The number of benzene rings is 1. The van der Waals surface area contributed by atoms with Crippen molar-refractivity contribution in [1.29, 1.82) is 0 Å². The molecule has 0 amide bonds. The van der Waals surface area contributed by atoms with Crippen LogP contribution in [0.2, 0.25) is 0 Å². The van der Waals surface area contributed by atoms with Crippen molar-refractivity contribution in [1.82, 2.24) is 10.2 Å². The lowest BCUT2D eigenvalue weighted by atomic mass is 9.87. The van der Waals surface area contributed by atoms with Gasteiger partial charge in [0.05, 0.1) is 19.4 Å². The zero-order chi connectivity index (χ0) is 18.7. The van der Waals surface area contributed by atoms with Gasteiger partial charge in [-0.25, -0.2) is 0 Å². The van der Waals surface area contributed by atoms with Crippen LogP contribution < -0.4 is 15.0 Å². The molecule has 156 valence electrons. The number of para-hydroxylation sites is 2. The molecule has 2 unspecified atom stereocenters. The van der Waals surface area contributed by atoms with Crippen molar-refractivity contribution in [3.8, 4) is 5.75 Å². The highest BCUT2D eigenvalue weighted by molar-refractivity contribution is 14.0. The molecule has 1 N–H and O–H groups in total. The number of methoxy groups -OCH3 is 1. The minimum Gasteiger partial charge on any atom is -0.495 e. The minimum absolute atomic E-state index is 0. The minimum atomic E-state index is 0. The molecule has 7 heteroatoms. The molecule has 0 bridgehead atoms. The average Bonchev–Trinajstić information content (AvgIpc) is 3.45. The molecule has 0 radical (unpaired) electrons. The third kappa shape index (κ3) is 4.50. The highest BCUT2D eigenvalue weighted by atomic mass is 127. The summed E-state index contributed by atoms with van der Waals surface area (Å²) in [6.45, 7) is 7.10. The van der Waals surface area contributed by atoms with E-state index in [1.165, 1.54) is 24.9 Å². The number of ether oxygens (including phenoxy) is 2. The fraction of sp³-hybridized carbons (Fsp3) is 0.667. The second kappa shape index (κ2) is 9.52. The van der Waals surface area contributed by atoms with E-state index < -0.39 is 0 Å². The monoisotopic (exact) mass is 500 g/mol. The lowest BCUT2D eigenvalue weighted by Gasteiger charge is -2.26. The van der Waals surface area contributed by atoms with Crippen LogP contribution in [0.5, 0.6) is 5.75 Å². The molecule has 0 aromatic heterocycles. The van der Waals surface area contributed by atoms with Gasteiger partial charge in [0.2, 0.25) is 0 Å². The highest BCUT2D eigenvalue weighted by Gasteiger charge is 2.42. The second-order valence-electron chi connectivity index (χ2n) is 8.17. The average molecular weight is 500 g/mol. The Balaban J connectivity index is 0.00000225. The normalized spacial score (nSPS) is 27.4. The summed E-state index contributed by atoms with van der Waals surface area (Å²) in [5.74, 6) is 2.63. The Morgan fingerprint density at radius 2 is 2.18 bits per heavy atom. The Morgan fingerprint density at radius 3 is 2.93 bits per heavy atom. The molecule has 2 atom stereocenters. The fourth-order valence-corrected chi connectivity index (χ4v) is 4.76. The van der Waals surface area contributed by atoms with Crippen molar-refractivity contribution in [3.63, 3.8) is 0 Å². The summed E-state index contributed by atoms with van der Waals surface area (Å²) >= 11 is 0. The van der Waals surface area contributed by atoms with Gasteiger partial charge in [-0.15, -0.1) is 24.0 Å². The second-order valence-corrected chi connectivity index (χ2v) is 8.17. The van der Waals surface area contributed by atoms with Crippen LogP contribution in [0.3, 0.4) is 0 Å². The number of hydrogen-bond acceptors (Lipinski definition) is 4. The molecule has 3 aliphatic rings. The summed E-state index contributed by atoms with van der Waals surface area (Å²) in [5, 5.41) is 3.64. The Hall–Kier alpha value is -1.22. The van der Waals surface area contributed by atoms with E-state index in [9.17, 15) is 0 Å². The van der Waals surface area contributed by atoms with Crippen LogP contribution in [0.4, 0.5) is 5.69 Å². The number of guanidine groups is 1. The number of halogens is 1. The van der Waals surface area contributed by atoms with Gasteiger partial charge in [0.1, 0.15) is 5.75 Å². The van der Waals surface area contributed by atoms with Gasteiger partial charge < -0.3 is 24.6 Å². The molecule has 1 aromatic carbocycles. The van der Waals surface area contributed by atoms with Gasteiger partial charge in [-0.2, -0.15) is 0 Å². The molecular formula is C21H33IN4O2. The summed E-state index contributed by atoms with van der Waals surface area (Å²) in [7, 11) is 3.64. The number of rotatable bonds is 4. The van der Waals surface area contributed by atoms with Crippen molar-refractivity contribution in [2.45, 2.75) is 19.3 Å². The van der Waals surface area contributed by atoms with E-state index >= 15 is 0 Å². The predicted octanol–water partition coefficient (Wildman–Crippen LogP) is 2.83. The van der Waals surface area contributed by atoms with Gasteiger partial charge in [-0.1, -0.05) is 12.1 Å². The Morgan fingerprint density at radius 1 is 1.32 bits per heavy atom. The first-order chi connectivity index (χ1) is 13.2. The highest BCUT2D eigenvalue weighted by Crippen LogP contribution is 2.38. The molecule has 4 rings (SSSR count). The molecule has 28 heavy (non-hydrogen) atoms. The number of hydrogen-bond donors (Lipinski definition) is 1. The van der Waals surface area contributed by atoms with Crippen molar-refractivity contribution in [2.75, 3.05) is 65.0 Å². The molecule has 0 aliphatic carbocycles. The zero-order valence-electron chi connectivity index (χ0n) is 17.0. The molecule has 3 heterocycles. The molecule has 1 spiro atoms. The maximum atomic E-state index is 5.66. The SMILES string of the molecule is CN=C(NCC1CCN(c2ccccc2OC)C1)N1CCC2(CCOC2)C1.I. The molecule has 6 nitrogen and oxygen atoms in total.